The van der Waals surface area contributed by atoms with Crippen LogP contribution in [0.25, 0.3) is 0 Å². The molecule has 0 aliphatic carbocycles. The van der Waals surface area contributed by atoms with Gasteiger partial charge in [0, 0.05) is 11.4 Å². The predicted molar refractivity (Wildman–Crippen MR) is 90.2 cm³/mol. The first kappa shape index (κ1) is 16.6. The highest BCUT2D eigenvalue weighted by molar-refractivity contribution is 7.89. The molecule has 1 saturated heterocycles. The SMILES string of the molecule is Cc1cc(C)nc(N2CC(=N)N(S(=O)(=O)c3ccccc3Cl)N2)n1. The Balaban J connectivity index is 1.94. The van der Waals surface area contributed by atoms with E-state index < -0.39 is 10.0 Å². The number of aryl methyl sites for hydroxylation is 2. The maximum absolute atomic E-state index is 12.7. The van der Waals surface area contributed by atoms with Gasteiger partial charge in [0.25, 0.3) is 10.0 Å². The maximum atomic E-state index is 12.7. The third-order valence-electron chi connectivity index (χ3n) is 3.33. The van der Waals surface area contributed by atoms with Gasteiger partial charge in [-0.3, -0.25) is 5.41 Å². The van der Waals surface area contributed by atoms with Crippen molar-refractivity contribution < 1.29 is 8.42 Å². The number of nitrogens with zero attached hydrogens (tertiary/aromatic N) is 4. The van der Waals surface area contributed by atoms with Gasteiger partial charge in [0.2, 0.25) is 5.95 Å². The van der Waals surface area contributed by atoms with Crippen LogP contribution in [0.2, 0.25) is 5.02 Å². The number of anilines is 1. The predicted octanol–water partition coefficient (Wildman–Crippen LogP) is 1.65. The molecule has 8 nitrogen and oxygen atoms in total. The van der Waals surface area contributed by atoms with Crippen LogP contribution in [0.4, 0.5) is 5.95 Å². The highest BCUT2D eigenvalue weighted by Gasteiger charge is 2.37. The molecule has 0 spiro atoms. The number of sulfonamides is 1. The Morgan fingerprint density at radius 1 is 1.21 bits per heavy atom. The molecule has 1 aliphatic rings. The highest BCUT2D eigenvalue weighted by atomic mass is 35.5. The van der Waals surface area contributed by atoms with E-state index in [9.17, 15) is 8.42 Å². The molecular formula is C14H15ClN6O2S. The number of amidine groups is 1. The number of aromatic nitrogens is 2. The van der Waals surface area contributed by atoms with Gasteiger partial charge >= 0.3 is 0 Å². The van der Waals surface area contributed by atoms with Crippen LogP contribution in [0.1, 0.15) is 11.4 Å². The van der Waals surface area contributed by atoms with Crippen molar-refractivity contribution in [1.29, 1.82) is 5.41 Å². The van der Waals surface area contributed by atoms with Gasteiger partial charge in [-0.05, 0) is 32.0 Å². The van der Waals surface area contributed by atoms with Crippen LogP contribution < -0.4 is 10.5 Å². The van der Waals surface area contributed by atoms with Crippen LogP contribution in [0.15, 0.2) is 35.2 Å². The highest BCUT2D eigenvalue weighted by Crippen LogP contribution is 2.25. The van der Waals surface area contributed by atoms with Crippen molar-refractivity contribution in [3.05, 3.63) is 46.7 Å². The van der Waals surface area contributed by atoms with E-state index in [1.165, 1.54) is 17.1 Å². The number of nitrogens with one attached hydrogen (secondary N) is 2. The van der Waals surface area contributed by atoms with E-state index in [0.29, 0.717) is 5.95 Å². The molecule has 2 N–H and O–H groups in total. The Morgan fingerprint density at radius 3 is 2.46 bits per heavy atom. The van der Waals surface area contributed by atoms with E-state index in [1.807, 2.05) is 19.9 Å². The fourth-order valence-corrected chi connectivity index (χ4v) is 4.06. The van der Waals surface area contributed by atoms with Gasteiger partial charge in [-0.15, -0.1) is 5.53 Å². The Labute approximate surface area is 144 Å². The zero-order valence-corrected chi connectivity index (χ0v) is 14.6. The van der Waals surface area contributed by atoms with Crippen molar-refractivity contribution in [2.75, 3.05) is 11.6 Å². The third kappa shape index (κ3) is 2.93. The summed E-state index contributed by atoms with van der Waals surface area (Å²) in [4.78, 5) is 8.45. The summed E-state index contributed by atoms with van der Waals surface area (Å²) in [5.74, 6) is 0.145. The molecule has 126 valence electrons. The maximum Gasteiger partial charge on any atom is 0.281 e. The summed E-state index contributed by atoms with van der Waals surface area (Å²) < 4.78 is 26.3. The van der Waals surface area contributed by atoms with Crippen LogP contribution in [-0.2, 0) is 10.0 Å². The minimum atomic E-state index is -4.01. The second-order valence-electron chi connectivity index (χ2n) is 5.28. The van der Waals surface area contributed by atoms with E-state index in [4.69, 9.17) is 17.0 Å². The van der Waals surface area contributed by atoms with Gasteiger partial charge in [0.1, 0.15) is 4.90 Å². The van der Waals surface area contributed by atoms with Crippen LogP contribution >= 0.6 is 11.6 Å². The van der Waals surface area contributed by atoms with Gasteiger partial charge in [0.05, 0.1) is 11.6 Å². The molecule has 3 rings (SSSR count). The van der Waals surface area contributed by atoms with Gasteiger partial charge in [-0.25, -0.2) is 15.0 Å². The molecule has 0 unspecified atom stereocenters. The fourth-order valence-electron chi connectivity index (χ4n) is 2.31. The first-order chi connectivity index (χ1) is 11.3. The monoisotopic (exact) mass is 366 g/mol. The van der Waals surface area contributed by atoms with Gasteiger partial charge < -0.3 is 0 Å². The molecule has 1 aliphatic heterocycles. The molecule has 2 aromatic rings. The van der Waals surface area contributed by atoms with Crippen molar-refractivity contribution in [1.82, 2.24) is 19.9 Å². The van der Waals surface area contributed by atoms with Crippen molar-refractivity contribution in [3.8, 4) is 0 Å². The second-order valence-corrected chi connectivity index (χ2v) is 7.45. The quantitative estimate of drug-likeness (QED) is 0.856. The second kappa shape index (κ2) is 6.00. The zero-order valence-electron chi connectivity index (χ0n) is 13.0. The average molecular weight is 367 g/mol. The minimum absolute atomic E-state index is 0.00652. The van der Waals surface area contributed by atoms with E-state index in [0.717, 1.165) is 15.8 Å². The lowest BCUT2D eigenvalue weighted by Crippen LogP contribution is -2.44. The van der Waals surface area contributed by atoms with Crippen molar-refractivity contribution in [2.24, 2.45) is 0 Å². The Morgan fingerprint density at radius 2 is 1.83 bits per heavy atom. The van der Waals surface area contributed by atoms with E-state index in [-0.39, 0.29) is 22.3 Å². The van der Waals surface area contributed by atoms with Crippen LogP contribution in [0, 0.1) is 19.3 Å². The third-order valence-corrected chi connectivity index (χ3v) is 5.47. The molecular weight excluding hydrogens is 352 g/mol. The van der Waals surface area contributed by atoms with Gasteiger partial charge in [-0.2, -0.15) is 12.8 Å². The average Bonchev–Trinajstić information content (AvgIpc) is 2.89. The number of hydrogen-bond donors (Lipinski definition) is 2. The normalized spacial score (nSPS) is 15.2. The fraction of sp³-hybridized carbons (Fsp3) is 0.214. The first-order valence-corrected chi connectivity index (χ1v) is 8.84. The molecule has 0 radical (unpaired) electrons. The summed E-state index contributed by atoms with van der Waals surface area (Å²) in [5.41, 5.74) is 4.14. The summed E-state index contributed by atoms with van der Waals surface area (Å²) in [5, 5.41) is 9.50. The van der Waals surface area contributed by atoms with Crippen LogP contribution in [0.3, 0.4) is 0 Å². The number of halogens is 1. The molecule has 0 atom stereocenters. The largest absolute Gasteiger partial charge is 0.285 e. The molecule has 24 heavy (non-hydrogen) atoms. The number of rotatable bonds is 3. The standard InChI is InChI=1S/C14H15ClN6O2S/c1-9-7-10(2)18-14(17-9)20-8-13(16)21(19-20)24(22,23)12-6-4-3-5-11(12)15/h3-7,16,19H,8H2,1-2H3. The van der Waals surface area contributed by atoms with E-state index in [1.54, 1.807) is 12.1 Å². The van der Waals surface area contributed by atoms with E-state index >= 15 is 0 Å². The summed E-state index contributed by atoms with van der Waals surface area (Å²) in [6, 6.07) is 7.90. The Hall–Kier alpha value is -2.23. The first-order valence-electron chi connectivity index (χ1n) is 7.02. The number of hydrazine groups is 2. The molecule has 0 bridgehead atoms. The van der Waals surface area contributed by atoms with E-state index in [2.05, 4.69) is 15.5 Å². The topological polar surface area (TPSA) is 102 Å². The molecule has 10 heteroatoms. The molecule has 1 fully saturated rings. The molecule has 0 amide bonds. The van der Waals surface area contributed by atoms with Crippen molar-refractivity contribution in [2.45, 2.75) is 18.7 Å². The summed E-state index contributed by atoms with van der Waals surface area (Å²) in [7, 11) is -4.01. The van der Waals surface area contributed by atoms with Gasteiger partial charge in [-0.1, -0.05) is 23.7 Å². The minimum Gasteiger partial charge on any atom is -0.285 e. The van der Waals surface area contributed by atoms with Crippen LogP contribution in [-0.4, -0.2) is 35.2 Å². The molecule has 1 aromatic heterocycles. The lowest BCUT2D eigenvalue weighted by Gasteiger charge is -2.20. The van der Waals surface area contributed by atoms with Gasteiger partial charge in [0.15, 0.2) is 5.84 Å². The zero-order chi connectivity index (χ0) is 17.5. The number of benzene rings is 1. The summed E-state index contributed by atoms with van der Waals surface area (Å²) >= 11 is 5.99. The van der Waals surface area contributed by atoms with Crippen molar-refractivity contribution >= 4 is 33.4 Å². The summed E-state index contributed by atoms with van der Waals surface area (Å²) in [6.07, 6.45) is 0. The van der Waals surface area contributed by atoms with Crippen molar-refractivity contribution in [3.63, 3.8) is 0 Å². The smallest absolute Gasteiger partial charge is 0.281 e. The molecule has 2 heterocycles. The molecule has 0 saturated carbocycles. The number of hydrogen-bond acceptors (Lipinski definition) is 7. The summed E-state index contributed by atoms with van der Waals surface area (Å²) in [6.45, 7) is 3.64. The van der Waals surface area contributed by atoms with Crippen LogP contribution in [0.5, 0.6) is 0 Å². The lowest BCUT2D eigenvalue weighted by atomic mass is 10.3. The molecule has 1 aromatic carbocycles. The Kier molecular flexibility index (Phi) is 4.16. The Bertz CT molecular complexity index is 897. The lowest BCUT2D eigenvalue weighted by molar-refractivity contribution is 0.453.